The summed E-state index contributed by atoms with van der Waals surface area (Å²) in [4.78, 5) is 13.4. The van der Waals surface area contributed by atoms with Crippen molar-refractivity contribution in [2.75, 3.05) is 18.4 Å². The van der Waals surface area contributed by atoms with Crippen molar-refractivity contribution in [1.82, 2.24) is 4.90 Å². The number of halogens is 3. The molecule has 0 atom stereocenters. The lowest BCUT2D eigenvalue weighted by Gasteiger charge is -2.50. The molecule has 0 bridgehead atoms. The summed E-state index contributed by atoms with van der Waals surface area (Å²) < 4.78 is 37.8. The Labute approximate surface area is 121 Å². The number of benzene rings is 1. The molecule has 21 heavy (non-hydrogen) atoms. The van der Waals surface area contributed by atoms with Crippen LogP contribution in [0.4, 0.5) is 23.7 Å². The van der Waals surface area contributed by atoms with E-state index in [1.54, 1.807) is 0 Å². The largest absolute Gasteiger partial charge is 0.416 e. The van der Waals surface area contributed by atoms with Crippen LogP contribution in [0.2, 0.25) is 0 Å². The molecule has 116 valence electrons. The van der Waals surface area contributed by atoms with E-state index < -0.39 is 23.3 Å². The minimum absolute atomic E-state index is 0.119. The monoisotopic (exact) mass is 301 g/mol. The summed E-state index contributed by atoms with van der Waals surface area (Å²) in [6.45, 7) is 4.75. The molecule has 0 radical (unpaired) electrons. The Kier molecular flexibility index (Phi) is 3.88. The lowest BCUT2D eigenvalue weighted by atomic mass is 9.80. The molecule has 0 aromatic heterocycles. The highest BCUT2D eigenvalue weighted by atomic mass is 19.4. The van der Waals surface area contributed by atoms with E-state index in [1.165, 1.54) is 17.0 Å². The maximum atomic E-state index is 12.6. The summed E-state index contributed by atoms with van der Waals surface area (Å²) in [6.07, 6.45) is -4.43. The van der Waals surface area contributed by atoms with Gasteiger partial charge in [0.1, 0.15) is 0 Å². The number of carbonyl (C=O) groups excluding carboxylic acids is 1. The fourth-order valence-electron chi connectivity index (χ4n) is 2.15. The molecule has 2 rings (SSSR count). The van der Waals surface area contributed by atoms with E-state index in [4.69, 9.17) is 5.73 Å². The van der Waals surface area contributed by atoms with E-state index in [9.17, 15) is 18.0 Å². The van der Waals surface area contributed by atoms with E-state index in [1.807, 2.05) is 13.8 Å². The summed E-state index contributed by atoms with van der Waals surface area (Å²) in [5.74, 6) is 0.232. The number of nitrogens with zero attached hydrogens (tertiary/aromatic N) is 1. The number of hydrogen-bond acceptors (Lipinski definition) is 2. The predicted octanol–water partition coefficient (Wildman–Crippen LogP) is 2.91. The van der Waals surface area contributed by atoms with E-state index >= 15 is 0 Å². The van der Waals surface area contributed by atoms with Crippen molar-refractivity contribution >= 4 is 11.7 Å². The fraction of sp³-hybridized carbons (Fsp3) is 0.500. The number of hydrogen-bond donors (Lipinski definition) is 2. The molecule has 0 saturated carbocycles. The predicted molar refractivity (Wildman–Crippen MR) is 73.8 cm³/mol. The van der Waals surface area contributed by atoms with Gasteiger partial charge in [-0.05, 0) is 24.1 Å². The van der Waals surface area contributed by atoms with Crippen LogP contribution in [0, 0.1) is 5.92 Å². The van der Waals surface area contributed by atoms with E-state index in [0.29, 0.717) is 13.1 Å². The Balaban J connectivity index is 1.99. The normalized spacial score (nSPS) is 17.6. The third-order valence-electron chi connectivity index (χ3n) is 3.85. The molecule has 1 saturated heterocycles. The zero-order valence-electron chi connectivity index (χ0n) is 11.9. The molecule has 1 aliphatic heterocycles. The molecule has 1 fully saturated rings. The van der Waals surface area contributed by atoms with Crippen LogP contribution in [0.5, 0.6) is 0 Å². The first-order valence-corrected chi connectivity index (χ1v) is 6.64. The van der Waals surface area contributed by atoms with Gasteiger partial charge in [0.05, 0.1) is 11.1 Å². The van der Waals surface area contributed by atoms with Gasteiger partial charge in [0, 0.05) is 18.8 Å². The van der Waals surface area contributed by atoms with Gasteiger partial charge < -0.3 is 16.0 Å². The number of rotatable bonds is 2. The van der Waals surface area contributed by atoms with E-state index in [2.05, 4.69) is 5.32 Å². The minimum Gasteiger partial charge on any atom is -0.322 e. The molecule has 1 aromatic carbocycles. The highest BCUT2D eigenvalue weighted by Crippen LogP contribution is 2.31. The lowest BCUT2D eigenvalue weighted by molar-refractivity contribution is -0.137. The Hall–Kier alpha value is -1.76. The molecular weight excluding hydrogens is 283 g/mol. The molecular formula is C14H18F3N3O. The Morgan fingerprint density at radius 3 is 2.52 bits per heavy atom. The average molecular weight is 301 g/mol. The van der Waals surface area contributed by atoms with Gasteiger partial charge >= 0.3 is 12.2 Å². The summed E-state index contributed by atoms with van der Waals surface area (Å²) >= 11 is 0. The minimum atomic E-state index is -4.43. The number of likely N-dealkylation sites (tertiary alicyclic amines) is 1. The number of amides is 2. The first-order chi connectivity index (χ1) is 9.62. The second-order valence-corrected chi connectivity index (χ2v) is 5.75. The van der Waals surface area contributed by atoms with Crippen molar-refractivity contribution < 1.29 is 18.0 Å². The second kappa shape index (κ2) is 5.22. The van der Waals surface area contributed by atoms with E-state index in [-0.39, 0.29) is 11.6 Å². The molecule has 3 N–H and O–H groups in total. The van der Waals surface area contributed by atoms with Gasteiger partial charge in [-0.2, -0.15) is 13.2 Å². The Morgan fingerprint density at radius 1 is 1.38 bits per heavy atom. The summed E-state index contributed by atoms with van der Waals surface area (Å²) in [6, 6.07) is 4.12. The number of nitrogens with one attached hydrogen (secondary N) is 1. The van der Waals surface area contributed by atoms with Crippen LogP contribution in [-0.4, -0.2) is 29.6 Å². The molecule has 0 unspecified atom stereocenters. The summed E-state index contributed by atoms with van der Waals surface area (Å²) in [5, 5.41) is 2.46. The topological polar surface area (TPSA) is 58.4 Å². The molecule has 4 nitrogen and oxygen atoms in total. The highest BCUT2D eigenvalue weighted by Gasteiger charge is 2.44. The average Bonchev–Trinajstić information content (AvgIpc) is 2.33. The van der Waals surface area contributed by atoms with Crippen molar-refractivity contribution in [3.63, 3.8) is 0 Å². The van der Waals surface area contributed by atoms with Crippen LogP contribution in [0.25, 0.3) is 0 Å². The number of anilines is 1. The van der Waals surface area contributed by atoms with Crippen LogP contribution >= 0.6 is 0 Å². The van der Waals surface area contributed by atoms with Crippen LogP contribution < -0.4 is 11.1 Å². The van der Waals surface area contributed by atoms with Gasteiger partial charge in [0.15, 0.2) is 0 Å². The molecule has 0 aliphatic carbocycles. The first kappa shape index (κ1) is 15.6. The fourth-order valence-corrected chi connectivity index (χ4v) is 2.15. The van der Waals surface area contributed by atoms with Crippen LogP contribution in [0.1, 0.15) is 19.4 Å². The van der Waals surface area contributed by atoms with Crippen molar-refractivity contribution in [2.45, 2.75) is 25.6 Å². The van der Waals surface area contributed by atoms with Gasteiger partial charge in [-0.25, -0.2) is 4.79 Å². The number of nitrogens with two attached hydrogens (primary N) is 1. The third kappa shape index (κ3) is 3.29. The van der Waals surface area contributed by atoms with Gasteiger partial charge in [-0.15, -0.1) is 0 Å². The van der Waals surface area contributed by atoms with Gasteiger partial charge in [0.2, 0.25) is 0 Å². The van der Waals surface area contributed by atoms with Gasteiger partial charge in [-0.1, -0.05) is 19.9 Å². The molecule has 7 heteroatoms. The van der Waals surface area contributed by atoms with Crippen LogP contribution in [-0.2, 0) is 6.18 Å². The molecule has 1 heterocycles. The summed E-state index contributed by atoms with van der Waals surface area (Å²) in [5.41, 5.74) is 4.99. The van der Waals surface area contributed by atoms with E-state index in [0.717, 1.165) is 12.1 Å². The molecule has 1 aliphatic rings. The number of alkyl halides is 3. The van der Waals surface area contributed by atoms with Crippen molar-refractivity contribution in [3.05, 3.63) is 29.8 Å². The second-order valence-electron chi connectivity index (χ2n) is 5.75. The zero-order valence-corrected chi connectivity index (χ0v) is 11.9. The molecule has 2 amide bonds. The van der Waals surface area contributed by atoms with Crippen LogP contribution in [0.3, 0.4) is 0 Å². The summed E-state index contributed by atoms with van der Waals surface area (Å²) in [7, 11) is 0. The lowest BCUT2D eigenvalue weighted by Crippen LogP contribution is -2.71. The first-order valence-electron chi connectivity index (χ1n) is 6.64. The number of carbonyl (C=O) groups is 1. The van der Waals surface area contributed by atoms with Crippen molar-refractivity contribution in [1.29, 1.82) is 0 Å². The molecule has 1 aromatic rings. The van der Waals surface area contributed by atoms with Gasteiger partial charge in [0.25, 0.3) is 0 Å². The Morgan fingerprint density at radius 2 is 2.00 bits per heavy atom. The third-order valence-corrected chi connectivity index (χ3v) is 3.85. The highest BCUT2D eigenvalue weighted by molar-refractivity contribution is 5.90. The standard InChI is InChI=1S/C14H18F3N3O/c1-9(2)13(18)7-20(8-13)12(21)19-11-5-3-4-10(6-11)14(15,16)17/h3-6,9H,7-8,18H2,1-2H3,(H,19,21). The SMILES string of the molecule is CC(C)C1(N)CN(C(=O)Nc2cccc(C(F)(F)F)c2)C1. The smallest absolute Gasteiger partial charge is 0.322 e. The number of urea groups is 1. The van der Waals surface area contributed by atoms with Crippen molar-refractivity contribution in [3.8, 4) is 0 Å². The Bertz CT molecular complexity index is 537. The quantitative estimate of drug-likeness (QED) is 0.882. The molecule has 0 spiro atoms. The maximum absolute atomic E-state index is 12.6. The van der Waals surface area contributed by atoms with Crippen molar-refractivity contribution in [2.24, 2.45) is 11.7 Å². The van der Waals surface area contributed by atoms with Crippen LogP contribution in [0.15, 0.2) is 24.3 Å². The maximum Gasteiger partial charge on any atom is 0.416 e. The zero-order chi connectivity index (χ0) is 15.8. The van der Waals surface area contributed by atoms with Gasteiger partial charge in [-0.3, -0.25) is 0 Å².